The van der Waals surface area contributed by atoms with E-state index in [0.717, 1.165) is 6.42 Å². The van der Waals surface area contributed by atoms with E-state index in [1.165, 1.54) is 5.56 Å². The second-order valence-corrected chi connectivity index (χ2v) is 3.71. The number of ether oxygens (including phenoxy) is 1. The topological polar surface area (TPSA) is 36.3 Å². The molecule has 1 saturated heterocycles. The van der Waals surface area contributed by atoms with Gasteiger partial charge < -0.3 is 9.64 Å². The lowest BCUT2D eigenvalue weighted by molar-refractivity contribution is 0.0205. The Balaban J connectivity index is 2.01. The Bertz CT molecular complexity index is 344. The average molecular weight is 202 g/mol. The summed E-state index contributed by atoms with van der Waals surface area (Å²) >= 11 is 0. The summed E-state index contributed by atoms with van der Waals surface area (Å²) in [5, 5.41) is 8.96. The Morgan fingerprint density at radius 3 is 2.93 bits per heavy atom. The molecule has 1 fully saturated rings. The van der Waals surface area contributed by atoms with Crippen LogP contribution in [-0.4, -0.2) is 30.7 Å². The van der Waals surface area contributed by atoms with Gasteiger partial charge in [-0.1, -0.05) is 30.3 Å². The molecule has 1 aromatic carbocycles. The van der Waals surface area contributed by atoms with Crippen LogP contribution in [0.4, 0.5) is 0 Å². The fourth-order valence-corrected chi connectivity index (χ4v) is 1.84. The predicted molar refractivity (Wildman–Crippen MR) is 57.1 cm³/mol. The highest BCUT2D eigenvalue weighted by atomic mass is 16.5. The van der Waals surface area contributed by atoms with Gasteiger partial charge in [0.2, 0.25) is 0 Å². The summed E-state index contributed by atoms with van der Waals surface area (Å²) in [6.45, 7) is 2.04. The molecule has 3 nitrogen and oxygen atoms in total. The van der Waals surface area contributed by atoms with Crippen LogP contribution >= 0.6 is 0 Å². The Morgan fingerprint density at radius 2 is 2.20 bits per heavy atom. The molecular formula is C12H14N2O. The molecule has 0 spiro atoms. The van der Waals surface area contributed by atoms with E-state index in [1.807, 2.05) is 23.1 Å². The SMILES string of the molecule is N#CN1CCOCC1Cc1ccccc1. The maximum absolute atomic E-state index is 8.96. The maximum Gasteiger partial charge on any atom is 0.179 e. The van der Waals surface area contributed by atoms with Crippen molar-refractivity contribution in [3.63, 3.8) is 0 Å². The summed E-state index contributed by atoms with van der Waals surface area (Å²) in [5.74, 6) is 0. The first-order chi connectivity index (χ1) is 7.40. The van der Waals surface area contributed by atoms with Crippen LogP contribution < -0.4 is 0 Å². The van der Waals surface area contributed by atoms with Crippen LogP contribution in [0.25, 0.3) is 0 Å². The molecule has 78 valence electrons. The van der Waals surface area contributed by atoms with Crippen LogP contribution in [0.5, 0.6) is 0 Å². The van der Waals surface area contributed by atoms with Crippen molar-refractivity contribution in [1.82, 2.24) is 4.90 Å². The van der Waals surface area contributed by atoms with Gasteiger partial charge in [-0.3, -0.25) is 0 Å². The van der Waals surface area contributed by atoms with E-state index in [9.17, 15) is 0 Å². The summed E-state index contributed by atoms with van der Waals surface area (Å²) in [7, 11) is 0. The minimum atomic E-state index is 0.200. The molecule has 1 heterocycles. The van der Waals surface area contributed by atoms with Crippen molar-refractivity contribution < 1.29 is 4.74 Å². The van der Waals surface area contributed by atoms with Crippen LogP contribution in [0.2, 0.25) is 0 Å². The monoisotopic (exact) mass is 202 g/mol. The molecule has 1 aliphatic rings. The molecule has 0 saturated carbocycles. The van der Waals surface area contributed by atoms with Crippen molar-refractivity contribution in [2.45, 2.75) is 12.5 Å². The van der Waals surface area contributed by atoms with Gasteiger partial charge in [0.05, 0.1) is 25.8 Å². The third-order valence-electron chi connectivity index (χ3n) is 2.67. The van der Waals surface area contributed by atoms with Crippen molar-refractivity contribution in [2.75, 3.05) is 19.8 Å². The lowest BCUT2D eigenvalue weighted by atomic mass is 10.0. The fourth-order valence-electron chi connectivity index (χ4n) is 1.84. The smallest absolute Gasteiger partial charge is 0.179 e. The van der Waals surface area contributed by atoms with Gasteiger partial charge >= 0.3 is 0 Å². The van der Waals surface area contributed by atoms with E-state index in [0.29, 0.717) is 19.8 Å². The number of nitrogens with zero attached hydrogens (tertiary/aromatic N) is 2. The summed E-state index contributed by atoms with van der Waals surface area (Å²) in [4.78, 5) is 1.82. The second kappa shape index (κ2) is 4.81. The van der Waals surface area contributed by atoms with E-state index in [2.05, 4.69) is 18.3 Å². The first-order valence-electron chi connectivity index (χ1n) is 5.18. The molecule has 2 rings (SSSR count). The molecule has 1 atom stereocenters. The number of hydrogen-bond donors (Lipinski definition) is 0. The lowest BCUT2D eigenvalue weighted by Gasteiger charge is -2.31. The minimum absolute atomic E-state index is 0.200. The van der Waals surface area contributed by atoms with E-state index < -0.39 is 0 Å². The molecule has 1 unspecified atom stereocenters. The van der Waals surface area contributed by atoms with E-state index in [1.54, 1.807) is 0 Å². The highest BCUT2D eigenvalue weighted by Crippen LogP contribution is 2.11. The molecule has 0 amide bonds. The van der Waals surface area contributed by atoms with Gasteiger partial charge in [-0.2, -0.15) is 5.26 Å². The molecular weight excluding hydrogens is 188 g/mol. The normalized spacial score (nSPS) is 21.0. The highest BCUT2D eigenvalue weighted by Gasteiger charge is 2.21. The maximum atomic E-state index is 8.96. The molecule has 0 N–H and O–H groups in total. The van der Waals surface area contributed by atoms with Crippen LogP contribution in [0.3, 0.4) is 0 Å². The molecule has 15 heavy (non-hydrogen) atoms. The number of benzene rings is 1. The zero-order valence-electron chi connectivity index (χ0n) is 8.60. The summed E-state index contributed by atoms with van der Waals surface area (Å²) in [5.41, 5.74) is 1.26. The van der Waals surface area contributed by atoms with E-state index in [4.69, 9.17) is 10.00 Å². The molecule has 0 aromatic heterocycles. The van der Waals surface area contributed by atoms with Gasteiger partial charge in [0, 0.05) is 0 Å². The quantitative estimate of drug-likeness (QED) is 0.680. The number of hydrogen-bond acceptors (Lipinski definition) is 3. The van der Waals surface area contributed by atoms with Crippen LogP contribution in [0.15, 0.2) is 30.3 Å². The van der Waals surface area contributed by atoms with Crippen molar-refractivity contribution in [2.24, 2.45) is 0 Å². The highest BCUT2D eigenvalue weighted by molar-refractivity contribution is 5.16. The van der Waals surface area contributed by atoms with Gasteiger partial charge in [-0.25, -0.2) is 0 Å². The van der Waals surface area contributed by atoms with Gasteiger partial charge in [-0.15, -0.1) is 0 Å². The molecule has 0 bridgehead atoms. The van der Waals surface area contributed by atoms with Gasteiger partial charge in [0.25, 0.3) is 0 Å². The number of morpholine rings is 1. The second-order valence-electron chi connectivity index (χ2n) is 3.71. The van der Waals surface area contributed by atoms with Crippen molar-refractivity contribution >= 4 is 0 Å². The Labute approximate surface area is 89.9 Å². The standard InChI is InChI=1S/C12H14N2O/c13-10-14-6-7-15-9-12(14)8-11-4-2-1-3-5-11/h1-5,12H,6-9H2. The predicted octanol–water partition coefficient (Wildman–Crippen LogP) is 1.41. The minimum Gasteiger partial charge on any atom is -0.377 e. The molecule has 1 aromatic rings. The lowest BCUT2D eigenvalue weighted by Crippen LogP contribution is -2.43. The van der Waals surface area contributed by atoms with Crippen LogP contribution in [0, 0.1) is 11.5 Å². The summed E-state index contributed by atoms with van der Waals surface area (Å²) < 4.78 is 5.39. The molecule has 1 aliphatic heterocycles. The fraction of sp³-hybridized carbons (Fsp3) is 0.417. The first-order valence-corrected chi connectivity index (χ1v) is 5.18. The van der Waals surface area contributed by atoms with Gasteiger partial charge in [0.1, 0.15) is 0 Å². The van der Waals surface area contributed by atoms with Gasteiger partial charge in [-0.05, 0) is 12.0 Å². The largest absolute Gasteiger partial charge is 0.377 e. The van der Waals surface area contributed by atoms with E-state index in [-0.39, 0.29) is 6.04 Å². The average Bonchev–Trinajstić information content (AvgIpc) is 2.31. The van der Waals surface area contributed by atoms with E-state index >= 15 is 0 Å². The number of nitriles is 1. The zero-order valence-corrected chi connectivity index (χ0v) is 8.60. The Hall–Kier alpha value is -1.53. The molecule has 3 heteroatoms. The zero-order chi connectivity index (χ0) is 10.5. The summed E-state index contributed by atoms with van der Waals surface area (Å²) in [6, 6.07) is 10.4. The Morgan fingerprint density at radius 1 is 1.40 bits per heavy atom. The van der Waals surface area contributed by atoms with Gasteiger partial charge in [0.15, 0.2) is 6.19 Å². The summed E-state index contributed by atoms with van der Waals surface area (Å²) in [6.07, 6.45) is 3.11. The third-order valence-corrected chi connectivity index (χ3v) is 2.67. The molecule has 0 aliphatic carbocycles. The number of rotatable bonds is 2. The first kappa shape index (κ1) is 10.0. The van der Waals surface area contributed by atoms with Crippen LogP contribution in [-0.2, 0) is 11.2 Å². The third kappa shape index (κ3) is 2.48. The van der Waals surface area contributed by atoms with Crippen molar-refractivity contribution in [1.29, 1.82) is 5.26 Å². The van der Waals surface area contributed by atoms with Crippen LogP contribution in [0.1, 0.15) is 5.56 Å². The van der Waals surface area contributed by atoms with Crippen molar-refractivity contribution in [3.05, 3.63) is 35.9 Å². The Kier molecular flexibility index (Phi) is 3.21. The molecule has 0 radical (unpaired) electrons. The van der Waals surface area contributed by atoms with Crippen molar-refractivity contribution in [3.8, 4) is 6.19 Å².